The smallest absolute Gasteiger partial charge is 0.338 e. The molecular weight excluding hydrogens is 538 g/mol. The van der Waals surface area contributed by atoms with Gasteiger partial charge in [-0.05, 0) is 60.7 Å². The molecule has 11 heteroatoms. The van der Waals surface area contributed by atoms with Gasteiger partial charge in [-0.1, -0.05) is 23.2 Å². The lowest BCUT2D eigenvalue weighted by atomic mass is 9.80. The van der Waals surface area contributed by atoms with Crippen LogP contribution in [0.15, 0.2) is 42.5 Å². The van der Waals surface area contributed by atoms with Gasteiger partial charge in [-0.3, -0.25) is 19.3 Å². The fourth-order valence-corrected chi connectivity index (χ4v) is 6.57. The maximum Gasteiger partial charge on any atom is 0.338 e. The highest BCUT2D eigenvalue weighted by molar-refractivity contribution is 6.35. The Labute approximate surface area is 220 Å². The van der Waals surface area contributed by atoms with Crippen LogP contribution in [0.25, 0.3) is 0 Å². The predicted octanol–water partition coefficient (Wildman–Crippen LogP) is 4.76. The quantitative estimate of drug-likeness (QED) is 0.326. The molecule has 0 radical (unpaired) electrons. The van der Waals surface area contributed by atoms with E-state index in [0.29, 0.717) is 22.8 Å². The average molecular weight is 556 g/mol. The molecule has 3 amide bonds. The highest BCUT2D eigenvalue weighted by Crippen LogP contribution is 2.59. The number of hydrogen-bond acceptors (Lipinski definition) is 5. The Hall–Kier alpha value is -2.32. The van der Waals surface area contributed by atoms with Gasteiger partial charge in [0.2, 0.25) is 11.8 Å². The van der Waals surface area contributed by atoms with Gasteiger partial charge in [0.05, 0.1) is 44.6 Å². The van der Waals surface area contributed by atoms with Crippen LogP contribution in [0.2, 0.25) is 10.0 Å². The predicted molar refractivity (Wildman–Crippen MR) is 132 cm³/mol. The maximum atomic E-state index is 13.1. The minimum Gasteiger partial charge on any atom is -0.452 e. The van der Waals surface area contributed by atoms with Gasteiger partial charge in [-0.15, -0.1) is 23.2 Å². The van der Waals surface area contributed by atoms with E-state index in [1.807, 2.05) is 0 Å². The van der Waals surface area contributed by atoms with Crippen LogP contribution < -0.4 is 10.2 Å². The second-order valence-electron chi connectivity index (χ2n) is 8.81. The molecule has 7 nitrogen and oxygen atoms in total. The monoisotopic (exact) mass is 554 g/mol. The van der Waals surface area contributed by atoms with Crippen LogP contribution in [0.3, 0.4) is 0 Å². The molecule has 2 bridgehead atoms. The number of fused-ring (bicyclic) bond motifs is 5. The van der Waals surface area contributed by atoms with E-state index in [2.05, 4.69) is 5.32 Å². The number of nitrogens with zero attached hydrogens (tertiary/aromatic N) is 1. The Morgan fingerprint density at radius 3 is 2.14 bits per heavy atom. The average Bonchev–Trinajstić information content (AvgIpc) is 3.45. The van der Waals surface area contributed by atoms with Crippen molar-refractivity contribution in [1.29, 1.82) is 0 Å². The van der Waals surface area contributed by atoms with Gasteiger partial charge in [-0.2, -0.15) is 0 Å². The van der Waals surface area contributed by atoms with Crippen molar-refractivity contribution < 1.29 is 23.9 Å². The number of amides is 3. The molecule has 3 aliphatic rings. The molecule has 2 aliphatic carbocycles. The minimum absolute atomic E-state index is 0.113. The van der Waals surface area contributed by atoms with Crippen molar-refractivity contribution >= 4 is 81.5 Å². The zero-order valence-electron chi connectivity index (χ0n) is 17.9. The van der Waals surface area contributed by atoms with Crippen molar-refractivity contribution in [3.63, 3.8) is 0 Å². The third-order valence-electron chi connectivity index (χ3n) is 6.89. The molecule has 0 unspecified atom stereocenters. The first-order chi connectivity index (χ1) is 16.7. The fraction of sp³-hybridized carbons (Fsp3) is 0.333. The van der Waals surface area contributed by atoms with Crippen molar-refractivity contribution in [2.75, 3.05) is 16.8 Å². The summed E-state index contributed by atoms with van der Waals surface area (Å²) < 4.78 is 5.06. The van der Waals surface area contributed by atoms with E-state index in [9.17, 15) is 19.2 Å². The van der Waals surface area contributed by atoms with Crippen LogP contribution in [0.4, 0.5) is 11.4 Å². The number of esters is 1. The number of halogens is 4. The molecule has 6 atom stereocenters. The second kappa shape index (κ2) is 9.28. The largest absolute Gasteiger partial charge is 0.452 e. The molecule has 1 aliphatic heterocycles. The van der Waals surface area contributed by atoms with Crippen molar-refractivity contribution in [3.05, 3.63) is 58.1 Å². The van der Waals surface area contributed by atoms with Gasteiger partial charge in [0.15, 0.2) is 6.61 Å². The van der Waals surface area contributed by atoms with Gasteiger partial charge in [0.1, 0.15) is 0 Å². The van der Waals surface area contributed by atoms with Gasteiger partial charge in [0, 0.05) is 5.02 Å². The van der Waals surface area contributed by atoms with Gasteiger partial charge >= 0.3 is 5.97 Å². The number of imide groups is 1. The van der Waals surface area contributed by atoms with E-state index < -0.39 is 30.3 Å². The number of hydrogen-bond donors (Lipinski definition) is 1. The number of ether oxygens (including phenoxy) is 1. The van der Waals surface area contributed by atoms with E-state index in [4.69, 9.17) is 51.1 Å². The molecule has 1 saturated heterocycles. The first-order valence-electron chi connectivity index (χ1n) is 10.9. The molecule has 182 valence electrons. The summed E-state index contributed by atoms with van der Waals surface area (Å²) in [5.41, 5.74) is 0.808. The number of alkyl halides is 2. The van der Waals surface area contributed by atoms with Crippen LogP contribution >= 0.6 is 46.4 Å². The molecule has 0 spiro atoms. The zero-order chi connectivity index (χ0) is 25.0. The molecule has 5 rings (SSSR count). The topological polar surface area (TPSA) is 92.8 Å². The molecular formula is C24H18Cl4N2O5. The maximum absolute atomic E-state index is 13.1. The number of carbonyl (C=O) groups excluding carboxylic acids is 4. The van der Waals surface area contributed by atoms with Gasteiger partial charge in [-0.25, -0.2) is 4.79 Å². The first-order valence-corrected chi connectivity index (χ1v) is 12.5. The summed E-state index contributed by atoms with van der Waals surface area (Å²) in [5, 5.41) is 2.53. The Balaban J connectivity index is 1.22. The molecule has 2 aromatic carbocycles. The Morgan fingerprint density at radius 1 is 0.943 bits per heavy atom. The van der Waals surface area contributed by atoms with Crippen molar-refractivity contribution in [2.45, 2.75) is 17.2 Å². The summed E-state index contributed by atoms with van der Waals surface area (Å²) in [6, 6.07) is 10.4. The molecule has 1 N–H and O–H groups in total. The number of carbonyl (C=O) groups is 4. The summed E-state index contributed by atoms with van der Waals surface area (Å²) >= 11 is 24.7. The van der Waals surface area contributed by atoms with Gasteiger partial charge in [0.25, 0.3) is 5.91 Å². The molecule has 2 saturated carbocycles. The van der Waals surface area contributed by atoms with Crippen molar-refractivity contribution in [1.82, 2.24) is 0 Å². The molecule has 3 fully saturated rings. The van der Waals surface area contributed by atoms with Gasteiger partial charge < -0.3 is 10.1 Å². The van der Waals surface area contributed by atoms with Crippen LogP contribution in [0.5, 0.6) is 0 Å². The first kappa shape index (κ1) is 24.4. The number of anilines is 2. The van der Waals surface area contributed by atoms with E-state index in [0.717, 1.165) is 4.90 Å². The minimum atomic E-state index is -0.743. The SMILES string of the molecule is O=C(COC(=O)c1ccc(N2C(=O)[C@@H]3[C@H]4C[C@@H]([C@@H](Cl)[C@H]4Cl)[C@H]3C2=O)cc1)Nc1cc(Cl)ccc1Cl. The Bertz CT molecular complexity index is 1200. The summed E-state index contributed by atoms with van der Waals surface area (Å²) in [7, 11) is 0. The van der Waals surface area contributed by atoms with Crippen LogP contribution in [-0.2, 0) is 19.1 Å². The number of rotatable bonds is 5. The van der Waals surface area contributed by atoms with E-state index in [-0.39, 0.29) is 45.0 Å². The Morgan fingerprint density at radius 2 is 1.54 bits per heavy atom. The summed E-state index contributed by atoms with van der Waals surface area (Å²) in [5.74, 6) is -3.05. The molecule has 1 heterocycles. The molecule has 2 aromatic rings. The highest BCUT2D eigenvalue weighted by Gasteiger charge is 2.66. The van der Waals surface area contributed by atoms with E-state index in [1.165, 1.54) is 36.4 Å². The number of nitrogens with one attached hydrogen (secondary N) is 1. The van der Waals surface area contributed by atoms with Crippen molar-refractivity contribution in [3.8, 4) is 0 Å². The fourth-order valence-electron chi connectivity index (χ4n) is 5.34. The third kappa shape index (κ3) is 4.18. The normalized spacial score (nSPS) is 28.9. The van der Waals surface area contributed by atoms with Crippen molar-refractivity contribution in [2.24, 2.45) is 23.7 Å². The number of benzene rings is 2. The van der Waals surface area contributed by atoms with Crippen LogP contribution in [-0.4, -0.2) is 41.1 Å². The third-order valence-corrected chi connectivity index (χ3v) is 8.77. The summed E-state index contributed by atoms with van der Waals surface area (Å²) in [4.78, 5) is 51.8. The van der Waals surface area contributed by atoms with E-state index in [1.54, 1.807) is 6.07 Å². The molecule has 0 aromatic heterocycles. The highest BCUT2D eigenvalue weighted by atomic mass is 35.5. The van der Waals surface area contributed by atoms with E-state index >= 15 is 0 Å². The second-order valence-corrected chi connectivity index (χ2v) is 10.7. The Kier molecular flexibility index (Phi) is 6.46. The summed E-state index contributed by atoms with van der Waals surface area (Å²) in [6.07, 6.45) is 0.685. The van der Waals surface area contributed by atoms with Crippen LogP contribution in [0, 0.1) is 23.7 Å². The lowest BCUT2D eigenvalue weighted by Gasteiger charge is -2.28. The standard InChI is InChI=1S/C24H18Cl4N2O5/c25-11-3-6-15(26)16(7-11)29-17(31)9-35-24(34)10-1-4-12(5-2-10)30-22(32)18-13-8-14(19(18)23(30)33)21(28)20(13)27/h1-7,13-14,18-21H,8-9H2,(H,29,31)/t13-,14-,18-,19-,20-,21+/m1/s1. The lowest BCUT2D eigenvalue weighted by molar-refractivity contribution is -0.123. The summed E-state index contributed by atoms with van der Waals surface area (Å²) in [6.45, 7) is -0.544. The van der Waals surface area contributed by atoms with Crippen LogP contribution in [0.1, 0.15) is 16.8 Å². The lowest BCUT2D eigenvalue weighted by Crippen LogP contribution is -2.37. The zero-order valence-corrected chi connectivity index (χ0v) is 20.9. The molecule has 35 heavy (non-hydrogen) atoms.